The Morgan fingerprint density at radius 2 is 1.12 bits per heavy atom. The van der Waals surface area contributed by atoms with E-state index in [-0.39, 0.29) is 0 Å². The van der Waals surface area contributed by atoms with E-state index in [9.17, 15) is 18.4 Å². The van der Waals surface area contributed by atoms with Gasteiger partial charge in [0.15, 0.2) is 0 Å². The lowest BCUT2D eigenvalue weighted by atomic mass is 9.70. The number of ether oxygens (including phenoxy) is 2. The molecule has 0 saturated carbocycles. The molecule has 0 fully saturated rings. The SMILES string of the molecule is C=C(C)C(=O)OCCCCC1(CCCCOC(=O)C(=C)C)c2ccccc2-c2ccc(N(c3cccc(F)c3)c3cccc(F)c3)cc21. The number of anilines is 3. The van der Waals surface area contributed by atoms with E-state index in [2.05, 4.69) is 43.5 Å². The first-order valence-corrected chi connectivity index (χ1v) is 16.3. The van der Waals surface area contributed by atoms with Gasteiger partial charge in [-0.05, 0) is 123 Å². The largest absolute Gasteiger partial charge is 0.462 e. The fourth-order valence-electron chi connectivity index (χ4n) is 6.56. The van der Waals surface area contributed by atoms with Crippen LogP contribution in [0.3, 0.4) is 0 Å². The van der Waals surface area contributed by atoms with Crippen molar-refractivity contribution in [2.75, 3.05) is 18.1 Å². The van der Waals surface area contributed by atoms with Gasteiger partial charge in [0.25, 0.3) is 0 Å². The monoisotopic (exact) mass is 649 g/mol. The van der Waals surface area contributed by atoms with Crippen LogP contribution in [0.4, 0.5) is 25.8 Å². The number of esters is 2. The molecule has 0 heterocycles. The molecule has 5 rings (SSSR count). The number of rotatable bonds is 15. The minimum atomic E-state index is -0.409. The van der Waals surface area contributed by atoms with E-state index in [0.717, 1.165) is 48.1 Å². The molecular formula is C41H41F2NO4. The summed E-state index contributed by atoms with van der Waals surface area (Å²) in [6, 6.07) is 27.2. The molecule has 0 saturated heterocycles. The lowest BCUT2D eigenvalue weighted by Gasteiger charge is -2.34. The van der Waals surface area contributed by atoms with Gasteiger partial charge in [-0.2, -0.15) is 0 Å². The zero-order chi connectivity index (χ0) is 34.3. The molecule has 248 valence electrons. The molecule has 5 nitrogen and oxygen atoms in total. The standard InChI is InChI=1S/C41H41F2NO4/c1-28(2)39(45)47-23-9-7-21-41(22-8-10-24-48-40(46)29(3)4)37-18-6-5-17-35(37)36-20-19-34(27-38(36)41)44(32-15-11-13-30(42)25-32)33-16-12-14-31(43)26-33/h5-6,11-20,25-27H,1,3,7-10,21-24H2,2,4H3. The second kappa shape index (κ2) is 15.2. The van der Waals surface area contributed by atoms with Gasteiger partial charge >= 0.3 is 11.9 Å². The molecule has 0 radical (unpaired) electrons. The fourth-order valence-corrected chi connectivity index (χ4v) is 6.56. The quantitative estimate of drug-likeness (QED) is 0.0729. The number of fused-ring (bicyclic) bond motifs is 3. The molecule has 1 aliphatic rings. The number of halogens is 2. The van der Waals surface area contributed by atoms with Crippen molar-refractivity contribution in [3.05, 3.63) is 138 Å². The predicted octanol–water partition coefficient (Wildman–Crippen LogP) is 10.3. The van der Waals surface area contributed by atoms with E-state index in [0.29, 0.717) is 48.6 Å². The molecule has 48 heavy (non-hydrogen) atoms. The molecule has 0 amide bonds. The highest BCUT2D eigenvalue weighted by Gasteiger charge is 2.42. The van der Waals surface area contributed by atoms with Gasteiger partial charge in [-0.3, -0.25) is 0 Å². The summed E-state index contributed by atoms with van der Waals surface area (Å²) in [4.78, 5) is 25.9. The van der Waals surface area contributed by atoms with Crippen LogP contribution in [0.15, 0.2) is 115 Å². The van der Waals surface area contributed by atoms with Gasteiger partial charge in [0.1, 0.15) is 11.6 Å². The van der Waals surface area contributed by atoms with Crippen LogP contribution in [-0.2, 0) is 24.5 Å². The maximum atomic E-state index is 14.6. The third kappa shape index (κ3) is 7.57. The molecule has 1 aliphatic carbocycles. The van der Waals surface area contributed by atoms with E-state index >= 15 is 0 Å². The third-order valence-corrected chi connectivity index (χ3v) is 8.80. The summed E-state index contributed by atoms with van der Waals surface area (Å²) in [6.45, 7) is 11.2. The summed E-state index contributed by atoms with van der Waals surface area (Å²) in [7, 11) is 0. The number of nitrogens with zero attached hydrogens (tertiary/aromatic N) is 1. The minimum absolute atomic E-state index is 0.292. The summed E-state index contributed by atoms with van der Waals surface area (Å²) in [5.74, 6) is -1.58. The van der Waals surface area contributed by atoms with Gasteiger partial charge in [0.2, 0.25) is 0 Å². The van der Waals surface area contributed by atoms with Crippen LogP contribution in [0.1, 0.15) is 63.5 Å². The Morgan fingerprint density at radius 1 is 0.625 bits per heavy atom. The van der Waals surface area contributed by atoms with Crippen molar-refractivity contribution in [1.29, 1.82) is 0 Å². The Morgan fingerprint density at radius 3 is 1.65 bits per heavy atom. The summed E-state index contributed by atoms with van der Waals surface area (Å²) in [6.07, 6.45) is 4.46. The predicted molar refractivity (Wildman–Crippen MR) is 187 cm³/mol. The second-order valence-corrected chi connectivity index (χ2v) is 12.4. The maximum absolute atomic E-state index is 14.6. The fraction of sp³-hybridized carbons (Fsp3) is 0.268. The lowest BCUT2D eigenvalue weighted by molar-refractivity contribution is -0.139. The van der Waals surface area contributed by atoms with Gasteiger partial charge < -0.3 is 14.4 Å². The highest BCUT2D eigenvalue weighted by Crippen LogP contribution is 2.55. The molecule has 0 aromatic heterocycles. The van der Waals surface area contributed by atoms with Crippen LogP contribution < -0.4 is 4.90 Å². The number of carbonyl (C=O) groups is 2. The van der Waals surface area contributed by atoms with E-state index in [1.165, 1.54) is 29.8 Å². The molecule has 0 aliphatic heterocycles. The van der Waals surface area contributed by atoms with Crippen molar-refractivity contribution in [3.63, 3.8) is 0 Å². The zero-order valence-electron chi connectivity index (χ0n) is 27.6. The summed E-state index contributed by atoms with van der Waals surface area (Å²) in [5.41, 5.74) is 6.81. The molecule has 4 aromatic carbocycles. The van der Waals surface area contributed by atoms with E-state index < -0.39 is 29.0 Å². The molecule has 0 bridgehead atoms. The number of benzene rings is 4. The highest BCUT2D eigenvalue weighted by molar-refractivity contribution is 5.88. The van der Waals surface area contributed by atoms with Gasteiger partial charge in [0, 0.05) is 33.6 Å². The van der Waals surface area contributed by atoms with Crippen LogP contribution >= 0.6 is 0 Å². The highest BCUT2D eigenvalue weighted by atomic mass is 19.1. The zero-order valence-corrected chi connectivity index (χ0v) is 27.6. The van der Waals surface area contributed by atoms with Crippen LogP contribution in [-0.4, -0.2) is 25.2 Å². The van der Waals surface area contributed by atoms with Crippen molar-refractivity contribution in [2.24, 2.45) is 0 Å². The van der Waals surface area contributed by atoms with E-state index in [4.69, 9.17) is 9.47 Å². The summed E-state index contributed by atoms with van der Waals surface area (Å²) < 4.78 is 40.0. The molecule has 0 N–H and O–H groups in total. The number of carbonyl (C=O) groups excluding carboxylic acids is 2. The third-order valence-electron chi connectivity index (χ3n) is 8.80. The number of hydrogen-bond donors (Lipinski definition) is 0. The van der Waals surface area contributed by atoms with Crippen molar-refractivity contribution in [2.45, 2.75) is 57.8 Å². The van der Waals surface area contributed by atoms with Crippen LogP contribution in [0.25, 0.3) is 11.1 Å². The molecular weight excluding hydrogens is 608 g/mol. The van der Waals surface area contributed by atoms with Crippen molar-refractivity contribution >= 4 is 29.0 Å². The first-order valence-electron chi connectivity index (χ1n) is 16.3. The first-order chi connectivity index (χ1) is 23.1. The molecule has 4 aromatic rings. The number of unbranched alkanes of at least 4 members (excludes halogenated alkanes) is 2. The molecule has 0 spiro atoms. The number of hydrogen-bond acceptors (Lipinski definition) is 5. The van der Waals surface area contributed by atoms with E-state index in [1.807, 2.05) is 29.2 Å². The Balaban J connectivity index is 1.55. The molecule has 7 heteroatoms. The normalized spacial score (nSPS) is 12.5. The minimum Gasteiger partial charge on any atom is -0.462 e. The second-order valence-electron chi connectivity index (χ2n) is 12.4. The summed E-state index contributed by atoms with van der Waals surface area (Å²) in [5, 5.41) is 0. The average Bonchev–Trinajstić information content (AvgIpc) is 3.33. The summed E-state index contributed by atoms with van der Waals surface area (Å²) >= 11 is 0. The van der Waals surface area contributed by atoms with Gasteiger partial charge in [-0.1, -0.05) is 55.6 Å². The van der Waals surface area contributed by atoms with Crippen molar-refractivity contribution < 1.29 is 27.8 Å². The Labute approximate surface area is 281 Å². The van der Waals surface area contributed by atoms with E-state index in [1.54, 1.807) is 26.0 Å². The van der Waals surface area contributed by atoms with Crippen LogP contribution in [0, 0.1) is 11.6 Å². The Hall–Kier alpha value is -5.04. The maximum Gasteiger partial charge on any atom is 0.333 e. The lowest BCUT2D eigenvalue weighted by Crippen LogP contribution is -2.26. The van der Waals surface area contributed by atoms with Crippen LogP contribution in [0.2, 0.25) is 0 Å². The molecule has 0 unspecified atom stereocenters. The molecule has 0 atom stereocenters. The average molecular weight is 650 g/mol. The Bertz CT molecular complexity index is 1750. The van der Waals surface area contributed by atoms with Crippen molar-refractivity contribution in [3.8, 4) is 11.1 Å². The van der Waals surface area contributed by atoms with Gasteiger partial charge in [0.05, 0.1) is 13.2 Å². The van der Waals surface area contributed by atoms with Gasteiger partial charge in [-0.25, -0.2) is 18.4 Å². The van der Waals surface area contributed by atoms with Crippen LogP contribution in [0.5, 0.6) is 0 Å². The first kappa shape index (κ1) is 34.3. The van der Waals surface area contributed by atoms with Gasteiger partial charge in [-0.15, -0.1) is 0 Å². The topological polar surface area (TPSA) is 55.8 Å². The smallest absolute Gasteiger partial charge is 0.333 e. The Kier molecular flexibility index (Phi) is 10.9. The van der Waals surface area contributed by atoms with Crippen molar-refractivity contribution in [1.82, 2.24) is 0 Å².